The lowest BCUT2D eigenvalue weighted by molar-refractivity contribution is 0.0714. The summed E-state index contributed by atoms with van der Waals surface area (Å²) in [5.74, 6) is 0.746. The molecule has 2 aromatic carbocycles. The second kappa shape index (κ2) is 8.26. The summed E-state index contributed by atoms with van der Waals surface area (Å²) in [6.07, 6.45) is 4.89. The van der Waals surface area contributed by atoms with Crippen LogP contribution >= 0.6 is 0 Å². The maximum atomic E-state index is 13.5. The van der Waals surface area contributed by atoms with Gasteiger partial charge in [0, 0.05) is 18.3 Å². The minimum atomic E-state index is -0.0200. The van der Waals surface area contributed by atoms with Crippen LogP contribution in [0, 0.1) is 0 Å². The van der Waals surface area contributed by atoms with Crippen LogP contribution in [0.1, 0.15) is 39.5 Å². The quantitative estimate of drug-likeness (QED) is 0.448. The van der Waals surface area contributed by atoms with Gasteiger partial charge < -0.3 is 9.32 Å². The SMILES string of the molecule is Cn1nc(CN(Cc2ccco2)C(=O)c2ccc(-c3ccccc3)cc2)c2c1CCC2. The van der Waals surface area contributed by atoms with Crippen LogP contribution in [0.15, 0.2) is 77.4 Å². The molecule has 1 aliphatic carbocycles. The molecule has 0 unspecified atom stereocenters. The van der Waals surface area contributed by atoms with E-state index in [-0.39, 0.29) is 5.91 Å². The van der Waals surface area contributed by atoms with Crippen molar-refractivity contribution < 1.29 is 9.21 Å². The number of hydrogen-bond donors (Lipinski definition) is 0. The summed E-state index contributed by atoms with van der Waals surface area (Å²) in [6, 6.07) is 21.8. The van der Waals surface area contributed by atoms with Gasteiger partial charge in [0.2, 0.25) is 0 Å². The molecule has 0 bridgehead atoms. The third kappa shape index (κ3) is 3.91. The smallest absolute Gasteiger partial charge is 0.254 e. The zero-order valence-electron chi connectivity index (χ0n) is 17.6. The summed E-state index contributed by atoms with van der Waals surface area (Å²) in [6.45, 7) is 0.890. The van der Waals surface area contributed by atoms with Crippen molar-refractivity contribution in [2.75, 3.05) is 0 Å². The van der Waals surface area contributed by atoms with Crippen molar-refractivity contribution >= 4 is 5.91 Å². The Hall–Kier alpha value is -3.60. The van der Waals surface area contributed by atoms with Crippen LogP contribution in [-0.2, 0) is 33.0 Å². The zero-order valence-corrected chi connectivity index (χ0v) is 17.6. The van der Waals surface area contributed by atoms with E-state index in [0.29, 0.717) is 18.7 Å². The summed E-state index contributed by atoms with van der Waals surface area (Å²) in [7, 11) is 1.99. The Morgan fingerprint density at radius 1 is 0.968 bits per heavy atom. The van der Waals surface area contributed by atoms with E-state index in [1.165, 1.54) is 11.3 Å². The van der Waals surface area contributed by atoms with E-state index in [9.17, 15) is 4.79 Å². The van der Waals surface area contributed by atoms with Gasteiger partial charge in [0.05, 0.1) is 25.0 Å². The fourth-order valence-corrected chi connectivity index (χ4v) is 4.41. The Morgan fingerprint density at radius 3 is 2.48 bits per heavy atom. The van der Waals surface area contributed by atoms with Crippen molar-refractivity contribution in [3.8, 4) is 11.1 Å². The second-order valence-corrected chi connectivity index (χ2v) is 8.03. The number of aromatic nitrogens is 2. The van der Waals surface area contributed by atoms with Gasteiger partial charge in [-0.15, -0.1) is 0 Å². The number of hydrogen-bond acceptors (Lipinski definition) is 3. The van der Waals surface area contributed by atoms with Gasteiger partial charge in [-0.25, -0.2) is 0 Å². The van der Waals surface area contributed by atoms with Gasteiger partial charge in [0.15, 0.2) is 0 Å². The Kier molecular flexibility index (Phi) is 5.16. The molecule has 31 heavy (non-hydrogen) atoms. The molecule has 0 aliphatic heterocycles. The molecular weight excluding hydrogens is 386 g/mol. The Labute approximate surface area is 181 Å². The molecule has 5 nitrogen and oxygen atoms in total. The molecule has 0 N–H and O–H groups in total. The Balaban J connectivity index is 1.42. The lowest BCUT2D eigenvalue weighted by atomic mass is 10.0. The number of benzene rings is 2. The zero-order chi connectivity index (χ0) is 21.2. The number of carbonyl (C=O) groups is 1. The number of fused-ring (bicyclic) bond motifs is 1. The molecule has 5 heteroatoms. The normalized spacial score (nSPS) is 12.7. The van der Waals surface area contributed by atoms with Gasteiger partial charge in [-0.05, 0) is 60.2 Å². The Bertz CT molecular complexity index is 1180. The molecule has 0 radical (unpaired) electrons. The largest absolute Gasteiger partial charge is 0.467 e. The number of nitrogens with zero attached hydrogens (tertiary/aromatic N) is 3. The molecule has 0 saturated heterocycles. The number of carbonyl (C=O) groups excluding carboxylic acids is 1. The van der Waals surface area contributed by atoms with Crippen molar-refractivity contribution in [2.45, 2.75) is 32.4 Å². The van der Waals surface area contributed by atoms with Crippen molar-refractivity contribution in [2.24, 2.45) is 7.05 Å². The first-order valence-corrected chi connectivity index (χ1v) is 10.7. The highest BCUT2D eigenvalue weighted by atomic mass is 16.3. The molecule has 0 atom stereocenters. The van der Waals surface area contributed by atoms with Crippen LogP contribution in [0.3, 0.4) is 0 Å². The Morgan fingerprint density at radius 2 is 1.74 bits per heavy atom. The van der Waals surface area contributed by atoms with E-state index in [4.69, 9.17) is 9.52 Å². The second-order valence-electron chi connectivity index (χ2n) is 8.03. The van der Waals surface area contributed by atoms with Crippen molar-refractivity contribution in [3.63, 3.8) is 0 Å². The van der Waals surface area contributed by atoms with Gasteiger partial charge in [-0.1, -0.05) is 42.5 Å². The molecule has 2 aromatic heterocycles. The molecule has 1 aliphatic rings. The van der Waals surface area contributed by atoms with Crippen LogP contribution in [0.5, 0.6) is 0 Å². The fourth-order valence-electron chi connectivity index (χ4n) is 4.41. The van der Waals surface area contributed by atoms with E-state index >= 15 is 0 Å². The molecule has 0 fully saturated rings. The lowest BCUT2D eigenvalue weighted by Gasteiger charge is -2.21. The number of furan rings is 1. The van der Waals surface area contributed by atoms with E-state index < -0.39 is 0 Å². The fraction of sp³-hybridized carbons (Fsp3) is 0.231. The van der Waals surface area contributed by atoms with E-state index in [1.807, 2.05) is 71.2 Å². The molecule has 0 saturated carbocycles. The molecule has 4 aromatic rings. The molecule has 1 amide bonds. The van der Waals surface area contributed by atoms with Gasteiger partial charge in [-0.3, -0.25) is 9.48 Å². The van der Waals surface area contributed by atoms with Gasteiger partial charge in [0.1, 0.15) is 5.76 Å². The molecule has 2 heterocycles. The highest BCUT2D eigenvalue weighted by Crippen LogP contribution is 2.27. The monoisotopic (exact) mass is 411 g/mol. The summed E-state index contributed by atoms with van der Waals surface area (Å²) in [5, 5.41) is 4.72. The van der Waals surface area contributed by atoms with Crippen LogP contribution in [0.25, 0.3) is 11.1 Å². The van der Waals surface area contributed by atoms with Crippen LogP contribution in [0.4, 0.5) is 0 Å². The topological polar surface area (TPSA) is 51.3 Å². The summed E-state index contributed by atoms with van der Waals surface area (Å²) >= 11 is 0. The van der Waals surface area contributed by atoms with Crippen molar-refractivity contribution in [3.05, 3.63) is 101 Å². The van der Waals surface area contributed by atoms with Crippen LogP contribution < -0.4 is 0 Å². The average Bonchev–Trinajstić information content (AvgIpc) is 3.55. The standard InChI is InChI=1S/C26H25N3O2/c1-28-25-11-5-10-23(25)24(27-28)18-29(17-22-9-6-16-31-22)26(30)21-14-12-20(13-15-21)19-7-3-2-4-8-19/h2-4,6-9,12-16H,5,10-11,17-18H2,1H3. The van der Waals surface area contributed by atoms with Crippen LogP contribution in [-0.4, -0.2) is 20.6 Å². The van der Waals surface area contributed by atoms with Gasteiger partial charge in [-0.2, -0.15) is 5.10 Å². The van der Waals surface area contributed by atoms with E-state index in [0.717, 1.165) is 41.8 Å². The average molecular weight is 412 g/mol. The first-order chi connectivity index (χ1) is 15.2. The molecule has 0 spiro atoms. The molecule has 5 rings (SSSR count). The van der Waals surface area contributed by atoms with Gasteiger partial charge >= 0.3 is 0 Å². The highest BCUT2D eigenvalue weighted by Gasteiger charge is 2.25. The first kappa shape index (κ1) is 19.4. The maximum Gasteiger partial charge on any atom is 0.254 e. The van der Waals surface area contributed by atoms with E-state index in [2.05, 4.69) is 12.1 Å². The predicted molar refractivity (Wildman–Crippen MR) is 119 cm³/mol. The molecular formula is C26H25N3O2. The van der Waals surface area contributed by atoms with Crippen molar-refractivity contribution in [1.29, 1.82) is 0 Å². The van der Waals surface area contributed by atoms with Gasteiger partial charge in [0.25, 0.3) is 5.91 Å². The van der Waals surface area contributed by atoms with Crippen molar-refractivity contribution in [1.82, 2.24) is 14.7 Å². The van der Waals surface area contributed by atoms with E-state index in [1.54, 1.807) is 6.26 Å². The first-order valence-electron chi connectivity index (χ1n) is 10.7. The number of rotatable bonds is 6. The summed E-state index contributed by atoms with van der Waals surface area (Å²) in [4.78, 5) is 15.3. The molecule has 156 valence electrons. The minimum absolute atomic E-state index is 0.0200. The third-order valence-electron chi connectivity index (χ3n) is 5.99. The third-order valence-corrected chi connectivity index (χ3v) is 5.99. The lowest BCUT2D eigenvalue weighted by Crippen LogP contribution is -2.30. The minimum Gasteiger partial charge on any atom is -0.467 e. The number of aryl methyl sites for hydroxylation is 1. The van der Waals surface area contributed by atoms with Crippen LogP contribution in [0.2, 0.25) is 0 Å². The summed E-state index contributed by atoms with van der Waals surface area (Å²) in [5.41, 5.74) is 6.50. The predicted octanol–water partition coefficient (Wildman–Crippen LogP) is 5.01. The maximum absolute atomic E-state index is 13.5. The highest BCUT2D eigenvalue weighted by molar-refractivity contribution is 5.94. The number of amides is 1. The summed E-state index contributed by atoms with van der Waals surface area (Å²) < 4.78 is 7.52.